The summed E-state index contributed by atoms with van der Waals surface area (Å²) < 4.78 is 13.4. The van der Waals surface area contributed by atoms with Crippen molar-refractivity contribution >= 4 is 11.6 Å². The monoisotopic (exact) mass is 236 g/mol. The van der Waals surface area contributed by atoms with Crippen LogP contribution in [0.4, 0.5) is 10.1 Å². The summed E-state index contributed by atoms with van der Waals surface area (Å²) in [5, 5.41) is 5.55. The van der Waals surface area contributed by atoms with Gasteiger partial charge >= 0.3 is 0 Å². The molecule has 0 saturated heterocycles. The van der Waals surface area contributed by atoms with Crippen molar-refractivity contribution < 1.29 is 9.18 Å². The molecule has 17 heavy (non-hydrogen) atoms. The van der Waals surface area contributed by atoms with Gasteiger partial charge in [-0.15, -0.1) is 0 Å². The molecule has 0 unspecified atom stereocenters. The van der Waals surface area contributed by atoms with Crippen molar-refractivity contribution in [2.45, 2.75) is 19.3 Å². The zero-order valence-corrected chi connectivity index (χ0v) is 9.92. The molecule has 1 fully saturated rings. The van der Waals surface area contributed by atoms with Crippen LogP contribution in [0, 0.1) is 11.7 Å². The molecule has 1 aliphatic rings. The van der Waals surface area contributed by atoms with Crippen molar-refractivity contribution in [3.05, 3.63) is 29.6 Å². The maximum atomic E-state index is 13.4. The Hall–Kier alpha value is -1.58. The number of nitrogens with one attached hydrogen (secondary N) is 2. The lowest BCUT2D eigenvalue weighted by Crippen LogP contribution is -2.25. The molecule has 0 radical (unpaired) electrons. The van der Waals surface area contributed by atoms with E-state index < -0.39 is 5.82 Å². The van der Waals surface area contributed by atoms with E-state index >= 15 is 0 Å². The normalized spacial score (nSPS) is 14.5. The van der Waals surface area contributed by atoms with Gasteiger partial charge in [-0.25, -0.2) is 4.39 Å². The molecule has 1 saturated carbocycles. The van der Waals surface area contributed by atoms with E-state index in [0.717, 1.165) is 12.3 Å². The van der Waals surface area contributed by atoms with Gasteiger partial charge in [0, 0.05) is 13.6 Å². The van der Waals surface area contributed by atoms with Gasteiger partial charge in [0.25, 0.3) is 5.91 Å². The average Bonchev–Trinajstić information content (AvgIpc) is 3.12. The third-order valence-electron chi connectivity index (χ3n) is 3.04. The first-order valence-electron chi connectivity index (χ1n) is 5.97. The first kappa shape index (κ1) is 11.9. The fourth-order valence-electron chi connectivity index (χ4n) is 1.86. The maximum Gasteiger partial charge on any atom is 0.253 e. The number of rotatable bonds is 5. The number of carbonyl (C=O) groups excluding carboxylic acids is 1. The van der Waals surface area contributed by atoms with E-state index in [0.29, 0.717) is 12.1 Å². The summed E-state index contributed by atoms with van der Waals surface area (Å²) in [5.74, 6) is 0.170. The largest absolute Gasteiger partial charge is 0.385 e. The predicted octanol–water partition coefficient (Wildman–Crippen LogP) is 2.40. The highest BCUT2D eigenvalue weighted by molar-refractivity contribution is 5.99. The third-order valence-corrected chi connectivity index (χ3v) is 3.04. The van der Waals surface area contributed by atoms with Crippen LogP contribution in [-0.4, -0.2) is 19.5 Å². The molecular weight excluding hydrogens is 219 g/mol. The van der Waals surface area contributed by atoms with Gasteiger partial charge in [0.2, 0.25) is 0 Å². The SMILES string of the molecule is CNc1c(F)cccc1C(=O)NCCC1CC1. The highest BCUT2D eigenvalue weighted by Crippen LogP contribution is 2.31. The Bertz CT molecular complexity index is 416. The second-order valence-corrected chi connectivity index (χ2v) is 4.40. The summed E-state index contributed by atoms with van der Waals surface area (Å²) in [6, 6.07) is 4.51. The van der Waals surface area contributed by atoms with Gasteiger partial charge in [0.05, 0.1) is 11.3 Å². The molecule has 0 heterocycles. The first-order valence-corrected chi connectivity index (χ1v) is 5.97. The number of amides is 1. The van der Waals surface area contributed by atoms with E-state index in [2.05, 4.69) is 10.6 Å². The number of halogens is 1. The third kappa shape index (κ3) is 2.96. The van der Waals surface area contributed by atoms with Gasteiger partial charge in [-0.1, -0.05) is 18.9 Å². The molecular formula is C13H17FN2O. The molecule has 0 atom stereocenters. The van der Waals surface area contributed by atoms with Crippen molar-refractivity contribution in [3.63, 3.8) is 0 Å². The highest BCUT2D eigenvalue weighted by atomic mass is 19.1. The van der Waals surface area contributed by atoms with Crippen molar-refractivity contribution in [1.82, 2.24) is 5.32 Å². The van der Waals surface area contributed by atoms with Crippen LogP contribution in [0.1, 0.15) is 29.6 Å². The van der Waals surface area contributed by atoms with Gasteiger partial charge in [0.15, 0.2) is 0 Å². The Morgan fingerprint density at radius 1 is 1.47 bits per heavy atom. The lowest BCUT2D eigenvalue weighted by Gasteiger charge is -2.10. The summed E-state index contributed by atoms with van der Waals surface area (Å²) in [7, 11) is 1.61. The summed E-state index contributed by atoms with van der Waals surface area (Å²) in [5.41, 5.74) is 0.625. The molecule has 1 aliphatic carbocycles. The summed E-state index contributed by atoms with van der Waals surface area (Å²) in [6.07, 6.45) is 3.57. The Morgan fingerprint density at radius 2 is 2.24 bits per heavy atom. The zero-order chi connectivity index (χ0) is 12.3. The standard InChI is InChI=1S/C13H17FN2O/c1-15-12-10(3-2-4-11(12)14)13(17)16-8-7-9-5-6-9/h2-4,9,15H,5-8H2,1H3,(H,16,17). The van der Waals surface area contributed by atoms with E-state index in [9.17, 15) is 9.18 Å². The van der Waals surface area contributed by atoms with Gasteiger partial charge in [-0.05, 0) is 24.5 Å². The van der Waals surface area contributed by atoms with Gasteiger partial charge in [-0.2, -0.15) is 0 Å². The van der Waals surface area contributed by atoms with E-state index in [1.54, 1.807) is 19.2 Å². The maximum absolute atomic E-state index is 13.4. The van der Waals surface area contributed by atoms with Crippen LogP contribution < -0.4 is 10.6 Å². The molecule has 0 bridgehead atoms. The summed E-state index contributed by atoms with van der Waals surface area (Å²) >= 11 is 0. The molecule has 92 valence electrons. The number of benzene rings is 1. The van der Waals surface area contributed by atoms with Gasteiger partial charge in [-0.3, -0.25) is 4.79 Å². The minimum Gasteiger partial charge on any atom is -0.385 e. The van der Waals surface area contributed by atoms with Crippen molar-refractivity contribution in [2.75, 3.05) is 18.9 Å². The van der Waals surface area contributed by atoms with E-state index in [1.165, 1.54) is 18.9 Å². The van der Waals surface area contributed by atoms with Gasteiger partial charge in [0.1, 0.15) is 5.82 Å². The van der Waals surface area contributed by atoms with E-state index in [4.69, 9.17) is 0 Å². The molecule has 1 amide bonds. The van der Waals surface area contributed by atoms with Crippen molar-refractivity contribution in [1.29, 1.82) is 0 Å². The minimum absolute atomic E-state index is 0.213. The molecule has 3 nitrogen and oxygen atoms in total. The summed E-state index contributed by atoms with van der Waals surface area (Å²) in [6.45, 7) is 0.670. The van der Waals surface area contributed by atoms with Crippen LogP contribution in [-0.2, 0) is 0 Å². The van der Waals surface area contributed by atoms with Crippen LogP contribution >= 0.6 is 0 Å². The number of anilines is 1. The highest BCUT2D eigenvalue weighted by Gasteiger charge is 2.21. The Labute approximate surface area is 100 Å². The Kier molecular flexibility index (Phi) is 3.61. The van der Waals surface area contributed by atoms with Crippen LogP contribution in [0.5, 0.6) is 0 Å². The minimum atomic E-state index is -0.401. The zero-order valence-electron chi connectivity index (χ0n) is 9.92. The molecule has 4 heteroatoms. The van der Waals surface area contributed by atoms with Gasteiger partial charge < -0.3 is 10.6 Å². The van der Waals surface area contributed by atoms with Crippen LogP contribution in [0.15, 0.2) is 18.2 Å². The number of carbonyl (C=O) groups is 1. The smallest absolute Gasteiger partial charge is 0.253 e. The van der Waals surface area contributed by atoms with Crippen LogP contribution in [0.2, 0.25) is 0 Å². The van der Waals surface area contributed by atoms with E-state index in [-0.39, 0.29) is 11.6 Å². The topological polar surface area (TPSA) is 41.1 Å². The Balaban J connectivity index is 1.99. The van der Waals surface area contributed by atoms with Crippen molar-refractivity contribution in [3.8, 4) is 0 Å². The number of hydrogen-bond acceptors (Lipinski definition) is 2. The quantitative estimate of drug-likeness (QED) is 0.824. The van der Waals surface area contributed by atoms with E-state index in [1.807, 2.05) is 0 Å². The van der Waals surface area contributed by atoms with Crippen molar-refractivity contribution in [2.24, 2.45) is 5.92 Å². The lowest BCUT2D eigenvalue weighted by molar-refractivity contribution is 0.0953. The molecule has 0 aromatic heterocycles. The van der Waals surface area contributed by atoms with Crippen LogP contribution in [0.3, 0.4) is 0 Å². The fraction of sp³-hybridized carbons (Fsp3) is 0.462. The Morgan fingerprint density at radius 3 is 2.88 bits per heavy atom. The molecule has 1 aromatic carbocycles. The average molecular weight is 236 g/mol. The van der Waals surface area contributed by atoms with Crippen LogP contribution in [0.25, 0.3) is 0 Å². The molecule has 2 rings (SSSR count). The fourth-order valence-corrected chi connectivity index (χ4v) is 1.86. The second-order valence-electron chi connectivity index (χ2n) is 4.40. The lowest BCUT2D eigenvalue weighted by atomic mass is 10.1. The second kappa shape index (κ2) is 5.17. The number of hydrogen-bond donors (Lipinski definition) is 2. The number of para-hydroxylation sites is 1. The summed E-state index contributed by atoms with van der Waals surface area (Å²) in [4.78, 5) is 11.9. The molecule has 2 N–H and O–H groups in total. The molecule has 0 aliphatic heterocycles. The predicted molar refractivity (Wildman–Crippen MR) is 65.6 cm³/mol. The first-order chi connectivity index (χ1) is 8.22. The molecule has 0 spiro atoms. The molecule has 1 aromatic rings.